The van der Waals surface area contributed by atoms with Crippen LogP contribution in [0.3, 0.4) is 0 Å². The van der Waals surface area contributed by atoms with E-state index in [2.05, 4.69) is 4.98 Å². The summed E-state index contributed by atoms with van der Waals surface area (Å²) in [6.07, 6.45) is 1.64. The first-order chi connectivity index (χ1) is 9.15. The minimum absolute atomic E-state index is 0.248. The lowest BCUT2D eigenvalue weighted by molar-refractivity contribution is 0.625. The van der Waals surface area contributed by atoms with Gasteiger partial charge in [-0.1, -0.05) is 24.4 Å². The number of halogens is 1. The molecule has 1 aromatic carbocycles. The van der Waals surface area contributed by atoms with Gasteiger partial charge < -0.3 is 10.6 Å². The third-order valence-electron chi connectivity index (χ3n) is 2.77. The van der Waals surface area contributed by atoms with Crippen LogP contribution in [0.2, 0.25) is 0 Å². The molecule has 1 heterocycles. The number of hydrogen-bond acceptors (Lipinski definition) is 3. The van der Waals surface area contributed by atoms with Crippen LogP contribution < -0.4 is 10.6 Å². The number of nitrogens with two attached hydrogens (primary N) is 1. The van der Waals surface area contributed by atoms with Crippen molar-refractivity contribution in [3.8, 4) is 0 Å². The molecule has 19 heavy (non-hydrogen) atoms. The zero-order valence-electron chi connectivity index (χ0n) is 10.5. The van der Waals surface area contributed by atoms with Gasteiger partial charge in [-0.25, -0.2) is 9.37 Å². The average molecular weight is 275 g/mol. The molecule has 1 aromatic heterocycles. The van der Waals surface area contributed by atoms with E-state index in [1.165, 1.54) is 6.07 Å². The Morgan fingerprint density at radius 2 is 2.05 bits per heavy atom. The lowest BCUT2D eigenvalue weighted by atomic mass is 10.2. The van der Waals surface area contributed by atoms with E-state index in [1.807, 2.05) is 6.92 Å². The van der Waals surface area contributed by atoms with Crippen LogP contribution in [0.1, 0.15) is 12.5 Å². The normalized spacial score (nSPS) is 10.2. The fourth-order valence-corrected chi connectivity index (χ4v) is 2.07. The Labute approximate surface area is 116 Å². The van der Waals surface area contributed by atoms with Crippen molar-refractivity contribution < 1.29 is 4.39 Å². The second-order valence-electron chi connectivity index (χ2n) is 3.93. The predicted molar refractivity (Wildman–Crippen MR) is 79.2 cm³/mol. The Morgan fingerprint density at radius 3 is 2.68 bits per heavy atom. The summed E-state index contributed by atoms with van der Waals surface area (Å²) in [5.41, 5.74) is 6.79. The van der Waals surface area contributed by atoms with Gasteiger partial charge in [0.1, 0.15) is 16.6 Å². The quantitative estimate of drug-likeness (QED) is 0.871. The molecule has 2 aromatic rings. The summed E-state index contributed by atoms with van der Waals surface area (Å²) >= 11 is 5.02. The van der Waals surface area contributed by atoms with Gasteiger partial charge in [-0.05, 0) is 31.2 Å². The molecule has 2 rings (SSSR count). The Hall–Kier alpha value is -2.01. The molecule has 0 aliphatic heterocycles. The molecule has 0 aliphatic rings. The SMILES string of the molecule is CCN(c1ccccc1F)c1ncccc1C(N)=S. The highest BCUT2D eigenvalue weighted by Gasteiger charge is 2.17. The number of anilines is 2. The molecule has 0 spiro atoms. The first-order valence-corrected chi connectivity index (χ1v) is 6.33. The monoisotopic (exact) mass is 275 g/mol. The maximum atomic E-state index is 13.9. The first kappa shape index (κ1) is 13.4. The van der Waals surface area contributed by atoms with Gasteiger partial charge in [0.15, 0.2) is 0 Å². The molecule has 0 saturated heterocycles. The van der Waals surface area contributed by atoms with Crippen molar-refractivity contribution in [2.45, 2.75) is 6.92 Å². The number of benzene rings is 1. The number of para-hydroxylation sites is 1. The molecule has 0 saturated carbocycles. The van der Waals surface area contributed by atoms with Crippen LogP contribution in [0, 0.1) is 5.82 Å². The van der Waals surface area contributed by atoms with Crippen LogP contribution in [0.4, 0.5) is 15.9 Å². The van der Waals surface area contributed by atoms with E-state index in [0.717, 1.165) is 0 Å². The van der Waals surface area contributed by atoms with Gasteiger partial charge in [0.25, 0.3) is 0 Å². The Kier molecular flexibility index (Phi) is 4.06. The van der Waals surface area contributed by atoms with Crippen LogP contribution in [0.5, 0.6) is 0 Å². The summed E-state index contributed by atoms with van der Waals surface area (Å²) in [7, 11) is 0. The fourth-order valence-electron chi connectivity index (χ4n) is 1.91. The molecule has 0 atom stereocenters. The lowest BCUT2D eigenvalue weighted by Gasteiger charge is -2.24. The number of pyridine rings is 1. The highest BCUT2D eigenvalue weighted by molar-refractivity contribution is 7.80. The van der Waals surface area contributed by atoms with Crippen molar-refractivity contribution in [1.82, 2.24) is 4.98 Å². The van der Waals surface area contributed by atoms with Gasteiger partial charge in [-0.3, -0.25) is 0 Å². The lowest BCUT2D eigenvalue weighted by Crippen LogP contribution is -2.23. The van der Waals surface area contributed by atoms with Crippen molar-refractivity contribution >= 4 is 28.7 Å². The molecule has 3 nitrogen and oxygen atoms in total. The summed E-state index contributed by atoms with van der Waals surface area (Å²) in [6, 6.07) is 10.1. The minimum atomic E-state index is -0.302. The number of thiocarbonyl (C=S) groups is 1. The van der Waals surface area contributed by atoms with E-state index >= 15 is 0 Å². The standard InChI is InChI=1S/C14H14FN3S/c1-2-18(12-8-4-3-7-11(12)15)14-10(13(16)19)6-5-9-17-14/h3-9H,2H2,1H3,(H2,16,19). The summed E-state index contributed by atoms with van der Waals surface area (Å²) in [5.74, 6) is 0.270. The number of aromatic nitrogens is 1. The maximum absolute atomic E-state index is 13.9. The van der Waals surface area contributed by atoms with Gasteiger partial charge in [-0.15, -0.1) is 0 Å². The molecule has 98 valence electrons. The molecule has 2 N–H and O–H groups in total. The Balaban J connectivity index is 2.55. The van der Waals surface area contributed by atoms with Gasteiger partial charge >= 0.3 is 0 Å². The third-order valence-corrected chi connectivity index (χ3v) is 2.99. The topological polar surface area (TPSA) is 42.2 Å². The molecule has 0 unspecified atom stereocenters. The zero-order valence-corrected chi connectivity index (χ0v) is 11.3. The summed E-state index contributed by atoms with van der Waals surface area (Å²) < 4.78 is 13.9. The molecule has 5 heteroatoms. The van der Waals surface area contributed by atoms with Gasteiger partial charge in [0.05, 0.1) is 11.3 Å². The molecule has 0 radical (unpaired) electrons. The highest BCUT2D eigenvalue weighted by atomic mass is 32.1. The van der Waals surface area contributed by atoms with E-state index < -0.39 is 0 Å². The second kappa shape index (κ2) is 5.75. The van der Waals surface area contributed by atoms with E-state index in [4.69, 9.17) is 18.0 Å². The first-order valence-electron chi connectivity index (χ1n) is 5.92. The van der Waals surface area contributed by atoms with Gasteiger partial charge in [0, 0.05) is 12.7 Å². The van der Waals surface area contributed by atoms with Crippen LogP contribution in [0.15, 0.2) is 42.6 Å². The summed E-state index contributed by atoms with van der Waals surface area (Å²) in [4.78, 5) is 6.28. The second-order valence-corrected chi connectivity index (χ2v) is 4.37. The number of nitrogens with zero attached hydrogens (tertiary/aromatic N) is 2. The summed E-state index contributed by atoms with van der Waals surface area (Å²) in [6.45, 7) is 2.48. The van der Waals surface area contributed by atoms with Gasteiger partial charge in [0.2, 0.25) is 0 Å². The fraction of sp³-hybridized carbons (Fsp3) is 0.143. The zero-order chi connectivity index (χ0) is 13.8. The Morgan fingerprint density at radius 1 is 1.32 bits per heavy atom. The van der Waals surface area contributed by atoms with E-state index in [0.29, 0.717) is 23.6 Å². The largest absolute Gasteiger partial charge is 0.389 e. The molecular weight excluding hydrogens is 261 g/mol. The third kappa shape index (κ3) is 2.71. The van der Waals surface area contributed by atoms with Crippen molar-refractivity contribution in [2.24, 2.45) is 5.73 Å². The van der Waals surface area contributed by atoms with Crippen molar-refractivity contribution in [3.63, 3.8) is 0 Å². The number of hydrogen-bond donors (Lipinski definition) is 1. The highest BCUT2D eigenvalue weighted by Crippen LogP contribution is 2.28. The summed E-state index contributed by atoms with van der Waals surface area (Å²) in [5, 5.41) is 0. The van der Waals surface area contributed by atoms with E-state index in [-0.39, 0.29) is 10.8 Å². The van der Waals surface area contributed by atoms with Crippen molar-refractivity contribution in [2.75, 3.05) is 11.4 Å². The van der Waals surface area contributed by atoms with Crippen LogP contribution >= 0.6 is 12.2 Å². The Bertz CT molecular complexity index is 601. The average Bonchev–Trinajstić information content (AvgIpc) is 2.42. The molecular formula is C14H14FN3S. The smallest absolute Gasteiger partial charge is 0.146 e. The molecule has 0 amide bonds. The molecule has 0 fully saturated rings. The van der Waals surface area contributed by atoms with Crippen molar-refractivity contribution in [3.05, 3.63) is 54.0 Å². The maximum Gasteiger partial charge on any atom is 0.146 e. The van der Waals surface area contributed by atoms with Gasteiger partial charge in [-0.2, -0.15) is 0 Å². The van der Waals surface area contributed by atoms with Crippen LogP contribution in [-0.2, 0) is 0 Å². The van der Waals surface area contributed by atoms with Crippen LogP contribution in [-0.4, -0.2) is 16.5 Å². The molecule has 0 bridgehead atoms. The van der Waals surface area contributed by atoms with Crippen LogP contribution in [0.25, 0.3) is 0 Å². The van der Waals surface area contributed by atoms with E-state index in [9.17, 15) is 4.39 Å². The minimum Gasteiger partial charge on any atom is -0.389 e. The number of rotatable bonds is 4. The van der Waals surface area contributed by atoms with E-state index in [1.54, 1.807) is 41.4 Å². The van der Waals surface area contributed by atoms with Crippen molar-refractivity contribution in [1.29, 1.82) is 0 Å². The predicted octanol–water partition coefficient (Wildman–Crippen LogP) is 3.01. The molecule has 0 aliphatic carbocycles.